The third-order valence-electron chi connectivity index (χ3n) is 1.95. The third-order valence-corrected chi connectivity index (χ3v) is 1.95. The molecule has 0 aliphatic heterocycles. The van der Waals surface area contributed by atoms with Gasteiger partial charge in [-0.15, -0.1) is 0 Å². The van der Waals surface area contributed by atoms with Crippen molar-refractivity contribution in [1.29, 1.82) is 0 Å². The number of nitrogens with two attached hydrogens (primary N) is 1. The zero-order valence-corrected chi connectivity index (χ0v) is 8.34. The molecule has 0 aliphatic carbocycles. The average Bonchev–Trinajstić information content (AvgIpc) is 2.23. The molecule has 0 fully saturated rings. The van der Waals surface area contributed by atoms with E-state index >= 15 is 0 Å². The van der Waals surface area contributed by atoms with Gasteiger partial charge < -0.3 is 10.5 Å². The molecule has 0 saturated heterocycles. The van der Waals surface area contributed by atoms with Crippen molar-refractivity contribution in [3.63, 3.8) is 0 Å². The van der Waals surface area contributed by atoms with Gasteiger partial charge in [-0.05, 0) is 0 Å². The molecule has 0 radical (unpaired) electrons. The van der Waals surface area contributed by atoms with Crippen LogP contribution in [0.15, 0.2) is 6.20 Å². The number of hydrogen-bond acceptors (Lipinski definition) is 4. The summed E-state index contributed by atoms with van der Waals surface area (Å²) in [5.41, 5.74) is 3.43. The van der Waals surface area contributed by atoms with E-state index in [2.05, 4.69) is 9.72 Å². The summed E-state index contributed by atoms with van der Waals surface area (Å²) in [5, 5.41) is 0. The van der Waals surface area contributed by atoms with Gasteiger partial charge in [-0.2, -0.15) is 0 Å². The number of methoxy groups -OCH3 is 1. The maximum Gasteiger partial charge on any atom is 0.311 e. The predicted octanol–water partition coefficient (Wildman–Crippen LogP) is 1.46. The summed E-state index contributed by atoms with van der Waals surface area (Å²) in [6, 6.07) is 0. The average molecular weight is 234 g/mol. The summed E-state index contributed by atoms with van der Waals surface area (Å²) < 4.78 is 42.4. The molecule has 4 nitrogen and oxygen atoms in total. The van der Waals surface area contributed by atoms with Gasteiger partial charge in [-0.3, -0.25) is 9.78 Å². The lowest BCUT2D eigenvalue weighted by molar-refractivity contribution is -0.139. The molecule has 1 rings (SSSR count). The summed E-state index contributed by atoms with van der Waals surface area (Å²) in [4.78, 5) is 14.3. The molecular formula is C9H9F3N2O2. The number of halogens is 3. The quantitative estimate of drug-likeness (QED) is 0.804. The van der Waals surface area contributed by atoms with Crippen molar-refractivity contribution >= 4 is 11.7 Å². The van der Waals surface area contributed by atoms with Gasteiger partial charge >= 0.3 is 5.97 Å². The van der Waals surface area contributed by atoms with E-state index in [1.165, 1.54) is 0 Å². The Kier molecular flexibility index (Phi) is 3.70. The van der Waals surface area contributed by atoms with Gasteiger partial charge in [-0.25, -0.2) is 13.2 Å². The molecule has 0 spiro atoms. The van der Waals surface area contributed by atoms with Crippen LogP contribution in [0.25, 0.3) is 0 Å². The lowest BCUT2D eigenvalue weighted by Crippen LogP contribution is -2.12. The summed E-state index contributed by atoms with van der Waals surface area (Å²) in [7, 11) is 1.11. The van der Waals surface area contributed by atoms with Crippen LogP contribution in [0.2, 0.25) is 0 Å². The number of carbonyl (C=O) groups is 1. The van der Waals surface area contributed by atoms with Crippen molar-refractivity contribution in [2.24, 2.45) is 0 Å². The van der Waals surface area contributed by atoms with Crippen LogP contribution in [0.3, 0.4) is 0 Å². The monoisotopic (exact) mass is 234 g/mol. The van der Waals surface area contributed by atoms with Gasteiger partial charge in [0, 0.05) is 0 Å². The van der Waals surface area contributed by atoms with Crippen LogP contribution in [0.5, 0.6) is 0 Å². The molecule has 1 aromatic rings. The van der Waals surface area contributed by atoms with Crippen LogP contribution in [-0.4, -0.2) is 18.1 Å². The van der Waals surface area contributed by atoms with Gasteiger partial charge in [0.15, 0.2) is 5.82 Å². The van der Waals surface area contributed by atoms with Crippen LogP contribution in [0, 0.1) is 5.82 Å². The number of pyridine rings is 1. The first kappa shape index (κ1) is 12.3. The minimum Gasteiger partial charge on any atom is -0.469 e. The molecule has 88 valence electrons. The Balaban J connectivity index is 3.18. The number of hydrogen-bond donors (Lipinski definition) is 1. The molecule has 2 N–H and O–H groups in total. The van der Waals surface area contributed by atoms with E-state index in [0.29, 0.717) is 6.20 Å². The Labute approximate surface area is 89.2 Å². The van der Waals surface area contributed by atoms with E-state index in [1.54, 1.807) is 0 Å². The first-order valence-corrected chi connectivity index (χ1v) is 4.25. The fourth-order valence-corrected chi connectivity index (χ4v) is 1.15. The van der Waals surface area contributed by atoms with Gasteiger partial charge in [0.2, 0.25) is 0 Å². The molecule has 0 aromatic carbocycles. The van der Waals surface area contributed by atoms with Gasteiger partial charge in [0.1, 0.15) is 0 Å². The second kappa shape index (κ2) is 4.82. The van der Waals surface area contributed by atoms with E-state index < -0.39 is 35.9 Å². The zero-order chi connectivity index (χ0) is 12.3. The fourth-order valence-electron chi connectivity index (χ4n) is 1.15. The van der Waals surface area contributed by atoms with E-state index in [4.69, 9.17) is 5.73 Å². The van der Waals surface area contributed by atoms with E-state index in [-0.39, 0.29) is 5.69 Å². The highest BCUT2D eigenvalue weighted by Crippen LogP contribution is 2.29. The molecule has 0 bridgehead atoms. The summed E-state index contributed by atoms with van der Waals surface area (Å²) in [5.74, 6) is -1.79. The number of nitrogens with zero attached hydrogens (tertiary/aromatic N) is 1. The number of alkyl halides is 2. The largest absolute Gasteiger partial charge is 0.469 e. The Hall–Kier alpha value is -1.79. The minimum atomic E-state index is -3.00. The highest BCUT2D eigenvalue weighted by atomic mass is 19.3. The van der Waals surface area contributed by atoms with Gasteiger partial charge in [0.25, 0.3) is 6.43 Å². The number of nitrogen functional groups attached to an aromatic ring is 1. The Bertz CT molecular complexity index is 410. The van der Waals surface area contributed by atoms with Crippen molar-refractivity contribution < 1.29 is 22.7 Å². The molecule has 1 heterocycles. The normalized spacial score (nSPS) is 10.6. The molecule has 0 amide bonds. The maximum atomic E-state index is 12.9. The van der Waals surface area contributed by atoms with Crippen molar-refractivity contribution in [2.75, 3.05) is 12.8 Å². The number of rotatable bonds is 3. The number of carbonyl (C=O) groups excluding carboxylic acids is 1. The number of ether oxygens (including phenoxy) is 1. The topological polar surface area (TPSA) is 65.2 Å². The zero-order valence-electron chi connectivity index (χ0n) is 8.34. The Morgan fingerprint density at radius 2 is 2.25 bits per heavy atom. The minimum absolute atomic E-state index is 0.277. The Morgan fingerprint density at radius 1 is 1.62 bits per heavy atom. The van der Waals surface area contributed by atoms with E-state index in [9.17, 15) is 18.0 Å². The van der Waals surface area contributed by atoms with E-state index in [0.717, 1.165) is 7.11 Å². The van der Waals surface area contributed by atoms with Crippen LogP contribution in [0.1, 0.15) is 17.7 Å². The molecule has 1 aromatic heterocycles. The molecule has 7 heteroatoms. The van der Waals surface area contributed by atoms with Gasteiger partial charge in [-0.1, -0.05) is 0 Å². The lowest BCUT2D eigenvalue weighted by atomic mass is 10.1. The van der Waals surface area contributed by atoms with Crippen LogP contribution < -0.4 is 5.73 Å². The van der Waals surface area contributed by atoms with E-state index in [1.807, 2.05) is 0 Å². The highest BCUT2D eigenvalue weighted by molar-refractivity contribution is 5.73. The molecule has 0 aliphatic rings. The number of esters is 1. The third kappa shape index (κ3) is 2.41. The van der Waals surface area contributed by atoms with Gasteiger partial charge in [0.05, 0.1) is 36.7 Å². The molecule has 0 saturated carbocycles. The highest BCUT2D eigenvalue weighted by Gasteiger charge is 2.22. The molecule has 16 heavy (non-hydrogen) atoms. The van der Waals surface area contributed by atoms with Crippen LogP contribution >= 0.6 is 0 Å². The fraction of sp³-hybridized carbons (Fsp3) is 0.333. The summed E-state index contributed by atoms with van der Waals surface area (Å²) >= 11 is 0. The number of anilines is 1. The van der Waals surface area contributed by atoms with Crippen molar-refractivity contribution in [3.05, 3.63) is 23.3 Å². The van der Waals surface area contributed by atoms with Crippen LogP contribution in [-0.2, 0) is 16.0 Å². The molecular weight excluding hydrogens is 225 g/mol. The van der Waals surface area contributed by atoms with Crippen molar-refractivity contribution in [1.82, 2.24) is 4.98 Å². The van der Waals surface area contributed by atoms with Crippen molar-refractivity contribution in [2.45, 2.75) is 12.8 Å². The van der Waals surface area contributed by atoms with Crippen molar-refractivity contribution in [3.8, 4) is 0 Å². The molecule has 0 atom stereocenters. The summed E-state index contributed by atoms with van der Waals surface area (Å²) in [6.45, 7) is 0. The second-order valence-corrected chi connectivity index (χ2v) is 2.93. The SMILES string of the molecule is COC(=O)Cc1ncc(F)c(N)c1C(F)F. The lowest BCUT2D eigenvalue weighted by Gasteiger charge is -2.10. The van der Waals surface area contributed by atoms with Crippen LogP contribution in [0.4, 0.5) is 18.9 Å². The summed E-state index contributed by atoms with van der Waals surface area (Å²) in [6.07, 6.45) is -2.77. The second-order valence-electron chi connectivity index (χ2n) is 2.93. The maximum absolute atomic E-state index is 12.9. The first-order chi connectivity index (χ1) is 7.47. The standard InChI is InChI=1S/C9H9F3N2O2/c1-16-6(15)2-5-7(9(11)12)8(13)4(10)3-14-5/h3,9H,2H2,1H3,(H2,13,14). The Morgan fingerprint density at radius 3 is 2.75 bits per heavy atom. The smallest absolute Gasteiger partial charge is 0.311 e. The first-order valence-electron chi connectivity index (χ1n) is 4.25. The molecule has 0 unspecified atom stereocenters. The predicted molar refractivity (Wildman–Crippen MR) is 49.3 cm³/mol. The number of aromatic nitrogens is 1.